The number of rotatable bonds is 6. The van der Waals surface area contributed by atoms with E-state index >= 15 is 0 Å². The third-order valence-electron chi connectivity index (χ3n) is 6.01. The molecule has 0 bridgehead atoms. The zero-order chi connectivity index (χ0) is 22.1. The zero-order valence-corrected chi connectivity index (χ0v) is 19.6. The molecule has 0 aliphatic carbocycles. The van der Waals surface area contributed by atoms with E-state index in [0.717, 1.165) is 60.4 Å². The molecule has 5 rings (SSSR count). The number of hydrogen-bond acceptors (Lipinski definition) is 6. The van der Waals surface area contributed by atoms with Crippen molar-refractivity contribution in [2.75, 3.05) is 26.2 Å². The molecule has 1 N–H and O–H groups in total. The van der Waals surface area contributed by atoms with E-state index in [2.05, 4.69) is 62.3 Å². The van der Waals surface area contributed by atoms with Gasteiger partial charge >= 0.3 is 0 Å². The summed E-state index contributed by atoms with van der Waals surface area (Å²) in [6, 6.07) is 18.5. The summed E-state index contributed by atoms with van der Waals surface area (Å²) in [5.74, 6) is 0.930. The molecule has 0 saturated carbocycles. The smallest absolute Gasteiger partial charge is 0.230 e. The molecule has 8 heteroatoms. The lowest BCUT2D eigenvalue weighted by atomic mass is 10.0. The van der Waals surface area contributed by atoms with Crippen molar-refractivity contribution in [2.24, 2.45) is 0 Å². The van der Waals surface area contributed by atoms with Gasteiger partial charge in [0, 0.05) is 44.2 Å². The molecule has 4 aromatic rings. The van der Waals surface area contributed by atoms with Crippen LogP contribution in [-0.4, -0.2) is 55.7 Å². The first-order chi connectivity index (χ1) is 15.6. The molecule has 1 aliphatic rings. The molecule has 166 valence electrons. The fourth-order valence-electron chi connectivity index (χ4n) is 4.31. The number of aryl methyl sites for hydroxylation is 1. The average molecular weight is 468 g/mol. The Morgan fingerprint density at radius 3 is 2.41 bits per heavy atom. The second kappa shape index (κ2) is 9.19. The minimum Gasteiger partial charge on any atom is -0.492 e. The van der Waals surface area contributed by atoms with Crippen LogP contribution in [0.3, 0.4) is 0 Å². The monoisotopic (exact) mass is 467 g/mol. The van der Waals surface area contributed by atoms with Crippen LogP contribution in [0.1, 0.15) is 34.8 Å². The van der Waals surface area contributed by atoms with Crippen LogP contribution in [0.2, 0.25) is 5.02 Å². The van der Waals surface area contributed by atoms with Crippen LogP contribution in [0.5, 0.6) is 5.88 Å². The number of hydrogen-bond donors (Lipinski definition) is 1. The summed E-state index contributed by atoms with van der Waals surface area (Å²) in [4.78, 5) is 11.1. The summed E-state index contributed by atoms with van der Waals surface area (Å²) in [6.07, 6.45) is 0.743. The average Bonchev–Trinajstić information content (AvgIpc) is 3.36. The highest BCUT2D eigenvalue weighted by Crippen LogP contribution is 2.40. The van der Waals surface area contributed by atoms with Crippen molar-refractivity contribution in [3.05, 3.63) is 81.4 Å². The summed E-state index contributed by atoms with van der Waals surface area (Å²) in [5, 5.41) is 16.2. The van der Waals surface area contributed by atoms with Crippen LogP contribution in [0.15, 0.2) is 54.6 Å². The van der Waals surface area contributed by atoms with Crippen molar-refractivity contribution in [3.63, 3.8) is 0 Å². The number of nitrogens with zero attached hydrogens (tertiary/aromatic N) is 5. The van der Waals surface area contributed by atoms with Gasteiger partial charge in [-0.05, 0) is 23.3 Å². The van der Waals surface area contributed by atoms with E-state index in [4.69, 9.17) is 11.6 Å². The summed E-state index contributed by atoms with van der Waals surface area (Å²) >= 11 is 7.68. The first-order valence-electron chi connectivity index (χ1n) is 11.0. The lowest BCUT2D eigenvalue weighted by molar-refractivity contribution is 0.105. The molecule has 1 atom stereocenters. The van der Waals surface area contributed by atoms with Crippen molar-refractivity contribution < 1.29 is 5.11 Å². The van der Waals surface area contributed by atoms with Gasteiger partial charge in [0.15, 0.2) is 5.82 Å². The van der Waals surface area contributed by atoms with Crippen LogP contribution >= 0.6 is 22.9 Å². The maximum atomic E-state index is 11.1. The van der Waals surface area contributed by atoms with Gasteiger partial charge in [0.1, 0.15) is 0 Å². The predicted molar refractivity (Wildman–Crippen MR) is 128 cm³/mol. The maximum Gasteiger partial charge on any atom is 0.230 e. The Bertz CT molecular complexity index is 1180. The number of benzene rings is 2. The lowest BCUT2D eigenvalue weighted by Gasteiger charge is -2.39. The fourth-order valence-corrected chi connectivity index (χ4v) is 5.57. The molecule has 3 heterocycles. The molecule has 1 aliphatic heterocycles. The largest absolute Gasteiger partial charge is 0.492 e. The zero-order valence-electron chi connectivity index (χ0n) is 18.0. The quantitative estimate of drug-likeness (QED) is 0.448. The Labute approximate surface area is 196 Å². The highest BCUT2D eigenvalue weighted by molar-refractivity contribution is 7.17. The second-order valence-corrected chi connectivity index (χ2v) is 9.56. The fraction of sp³-hybridized carbons (Fsp3) is 0.333. The van der Waals surface area contributed by atoms with Gasteiger partial charge < -0.3 is 5.11 Å². The van der Waals surface area contributed by atoms with E-state index in [-0.39, 0.29) is 11.9 Å². The number of piperazine rings is 1. The van der Waals surface area contributed by atoms with E-state index in [1.807, 2.05) is 19.1 Å². The van der Waals surface area contributed by atoms with Crippen LogP contribution in [0, 0.1) is 0 Å². The first kappa shape index (κ1) is 21.4. The Balaban J connectivity index is 1.42. The molecule has 2 aromatic carbocycles. The number of halogens is 1. The van der Waals surface area contributed by atoms with Crippen LogP contribution in [0.25, 0.3) is 4.96 Å². The van der Waals surface area contributed by atoms with E-state index in [9.17, 15) is 5.11 Å². The van der Waals surface area contributed by atoms with Gasteiger partial charge in [-0.3, -0.25) is 9.80 Å². The summed E-state index contributed by atoms with van der Waals surface area (Å²) in [6.45, 7) is 6.74. The minimum absolute atomic E-state index is 0.0651. The van der Waals surface area contributed by atoms with Crippen LogP contribution < -0.4 is 0 Å². The number of aromatic hydroxyl groups is 1. The van der Waals surface area contributed by atoms with E-state index in [1.54, 1.807) is 4.52 Å². The third-order valence-corrected chi connectivity index (χ3v) is 7.34. The first-order valence-corrected chi connectivity index (χ1v) is 12.1. The van der Waals surface area contributed by atoms with Gasteiger partial charge in [-0.15, -0.1) is 5.10 Å². The van der Waals surface area contributed by atoms with E-state index in [1.165, 1.54) is 16.9 Å². The van der Waals surface area contributed by atoms with Gasteiger partial charge in [-0.25, -0.2) is 4.98 Å². The number of thiazole rings is 1. The second-order valence-electron chi connectivity index (χ2n) is 8.12. The Kier molecular flexibility index (Phi) is 6.15. The highest BCUT2D eigenvalue weighted by atomic mass is 35.5. The number of aromatic nitrogens is 3. The molecule has 6 nitrogen and oxygen atoms in total. The van der Waals surface area contributed by atoms with Crippen molar-refractivity contribution >= 4 is 27.9 Å². The summed E-state index contributed by atoms with van der Waals surface area (Å²) in [5.41, 5.74) is 2.45. The SMILES string of the molecule is CCc1nc2sc([C@@H](c3ccc(Cl)cc3)N3CCN(Cc4ccccc4)CC3)c(O)n2n1. The van der Waals surface area contributed by atoms with Gasteiger partial charge in [0.25, 0.3) is 0 Å². The maximum absolute atomic E-state index is 11.1. The van der Waals surface area contributed by atoms with Crippen molar-refractivity contribution in [1.29, 1.82) is 0 Å². The molecule has 32 heavy (non-hydrogen) atoms. The lowest BCUT2D eigenvalue weighted by Crippen LogP contribution is -2.47. The minimum atomic E-state index is -0.0651. The molecule has 0 unspecified atom stereocenters. The highest BCUT2D eigenvalue weighted by Gasteiger charge is 2.31. The molecule has 1 fully saturated rings. The topological polar surface area (TPSA) is 56.9 Å². The standard InChI is InChI=1S/C24H26ClN5OS/c1-2-20-26-24-30(27-20)23(31)22(32-24)21(18-8-10-19(25)11-9-18)29-14-12-28(13-15-29)16-17-6-4-3-5-7-17/h3-11,21,31H,2,12-16H2,1H3/t21-/m1/s1. The molecular formula is C24H26ClN5OS. The van der Waals surface area contributed by atoms with Gasteiger partial charge in [-0.1, -0.05) is 72.3 Å². The Morgan fingerprint density at radius 2 is 1.75 bits per heavy atom. The third kappa shape index (κ3) is 4.26. The molecular weight excluding hydrogens is 442 g/mol. The molecule has 2 aromatic heterocycles. The van der Waals surface area contributed by atoms with E-state index in [0.29, 0.717) is 5.02 Å². The van der Waals surface area contributed by atoms with Gasteiger partial charge in [-0.2, -0.15) is 4.52 Å². The number of fused-ring (bicyclic) bond motifs is 1. The van der Waals surface area contributed by atoms with Crippen molar-refractivity contribution in [1.82, 2.24) is 24.4 Å². The van der Waals surface area contributed by atoms with Crippen molar-refractivity contribution in [3.8, 4) is 5.88 Å². The molecule has 0 amide bonds. The van der Waals surface area contributed by atoms with E-state index < -0.39 is 0 Å². The van der Waals surface area contributed by atoms with Crippen LogP contribution in [-0.2, 0) is 13.0 Å². The summed E-state index contributed by atoms with van der Waals surface area (Å²) in [7, 11) is 0. The molecule has 1 saturated heterocycles. The molecule has 0 radical (unpaired) electrons. The van der Waals surface area contributed by atoms with Crippen molar-refractivity contribution in [2.45, 2.75) is 25.9 Å². The van der Waals surface area contributed by atoms with Crippen LogP contribution in [0.4, 0.5) is 0 Å². The Hall–Kier alpha value is -2.45. The van der Waals surface area contributed by atoms with Gasteiger partial charge in [0.05, 0.1) is 10.9 Å². The Morgan fingerprint density at radius 1 is 1.03 bits per heavy atom. The molecule has 0 spiro atoms. The predicted octanol–water partition coefficient (Wildman–Crippen LogP) is 4.62. The van der Waals surface area contributed by atoms with Gasteiger partial charge in [0.2, 0.25) is 10.8 Å². The normalized spacial score (nSPS) is 16.6. The summed E-state index contributed by atoms with van der Waals surface area (Å²) < 4.78 is 1.58.